The van der Waals surface area contributed by atoms with Crippen LogP contribution in [0.4, 0.5) is 10.1 Å². The lowest BCUT2D eigenvalue weighted by Gasteiger charge is -2.24. The van der Waals surface area contributed by atoms with Gasteiger partial charge in [0.1, 0.15) is 11.4 Å². The van der Waals surface area contributed by atoms with Crippen LogP contribution >= 0.6 is 15.9 Å². The summed E-state index contributed by atoms with van der Waals surface area (Å²) in [5.74, 6) is -0.251. The van der Waals surface area contributed by atoms with Crippen molar-refractivity contribution in [3.05, 3.63) is 63.9 Å². The molecule has 0 saturated heterocycles. The van der Waals surface area contributed by atoms with Crippen molar-refractivity contribution in [3.8, 4) is 0 Å². The van der Waals surface area contributed by atoms with Crippen LogP contribution < -0.4 is 5.32 Å². The van der Waals surface area contributed by atoms with Crippen molar-refractivity contribution in [2.24, 2.45) is 0 Å². The van der Waals surface area contributed by atoms with Crippen molar-refractivity contribution in [1.82, 2.24) is 0 Å². The summed E-state index contributed by atoms with van der Waals surface area (Å²) >= 11 is 3.41. The van der Waals surface area contributed by atoms with Crippen molar-refractivity contribution in [2.45, 2.75) is 18.9 Å². The molecule has 1 unspecified atom stereocenters. The number of para-hydroxylation sites is 1. The minimum atomic E-state index is -0.736. The van der Waals surface area contributed by atoms with E-state index in [1.165, 1.54) is 12.1 Å². The predicted octanol–water partition coefficient (Wildman–Crippen LogP) is 4.20. The number of anilines is 1. The van der Waals surface area contributed by atoms with Gasteiger partial charge in [-0.2, -0.15) is 0 Å². The van der Waals surface area contributed by atoms with Gasteiger partial charge in [-0.15, -0.1) is 0 Å². The van der Waals surface area contributed by atoms with Crippen molar-refractivity contribution in [3.63, 3.8) is 0 Å². The lowest BCUT2D eigenvalue weighted by atomic mass is 9.88. The van der Waals surface area contributed by atoms with Crippen LogP contribution in [0.5, 0.6) is 0 Å². The number of benzene rings is 2. The molecular formula is C16H13BrFNO. The molecule has 20 heavy (non-hydrogen) atoms. The normalized spacial score (nSPS) is 20.6. The number of rotatable bonds is 2. The molecule has 1 heterocycles. The summed E-state index contributed by atoms with van der Waals surface area (Å²) < 4.78 is 14.2. The van der Waals surface area contributed by atoms with Gasteiger partial charge in [-0.1, -0.05) is 28.1 Å². The Labute approximate surface area is 125 Å². The Morgan fingerprint density at radius 2 is 2.00 bits per heavy atom. The van der Waals surface area contributed by atoms with Gasteiger partial charge in [0.25, 0.3) is 0 Å². The molecule has 1 aliphatic rings. The minimum Gasteiger partial charge on any atom is -0.372 e. The van der Waals surface area contributed by atoms with Gasteiger partial charge in [0.05, 0.1) is 0 Å². The average molecular weight is 334 g/mol. The van der Waals surface area contributed by atoms with E-state index < -0.39 is 5.54 Å². The first-order valence-corrected chi connectivity index (χ1v) is 7.15. The van der Waals surface area contributed by atoms with E-state index in [2.05, 4.69) is 21.2 Å². The highest BCUT2D eigenvalue weighted by molar-refractivity contribution is 9.10. The molecular weight excluding hydrogens is 321 g/mol. The zero-order chi connectivity index (χ0) is 14.3. The van der Waals surface area contributed by atoms with Gasteiger partial charge in [0, 0.05) is 22.1 Å². The van der Waals surface area contributed by atoms with E-state index in [9.17, 15) is 9.18 Å². The molecule has 3 rings (SSSR count). The van der Waals surface area contributed by atoms with Crippen LogP contribution in [0, 0.1) is 5.82 Å². The third-order valence-electron chi connectivity index (χ3n) is 3.64. The molecule has 0 bridgehead atoms. The summed E-state index contributed by atoms with van der Waals surface area (Å²) in [6.07, 6.45) is 0.429. The zero-order valence-electron chi connectivity index (χ0n) is 10.9. The van der Waals surface area contributed by atoms with Crippen LogP contribution in [0.3, 0.4) is 0 Å². The quantitative estimate of drug-likeness (QED) is 0.892. The second kappa shape index (κ2) is 4.70. The molecule has 0 aliphatic carbocycles. The molecule has 0 amide bonds. The smallest absolute Gasteiger partial charge is 0.190 e. The van der Waals surface area contributed by atoms with Gasteiger partial charge >= 0.3 is 0 Å². The van der Waals surface area contributed by atoms with E-state index in [1.807, 2.05) is 31.2 Å². The average Bonchev–Trinajstić information content (AvgIpc) is 2.67. The monoisotopic (exact) mass is 333 g/mol. The summed E-state index contributed by atoms with van der Waals surface area (Å²) in [6.45, 7) is 1.85. The second-order valence-electron chi connectivity index (χ2n) is 5.24. The standard InChI is InChI=1S/C16H13BrFNO/c1-16(9-10-8-11(18)6-7-13(10)17)15(20)12-4-2-3-5-14(12)19-16/h2-8,19H,9H2,1H3. The third-order valence-corrected chi connectivity index (χ3v) is 4.41. The Morgan fingerprint density at radius 3 is 2.75 bits per heavy atom. The lowest BCUT2D eigenvalue weighted by Crippen LogP contribution is -2.40. The number of hydrogen-bond acceptors (Lipinski definition) is 2. The summed E-state index contributed by atoms with van der Waals surface area (Å²) in [6, 6.07) is 12.0. The number of fused-ring (bicyclic) bond motifs is 1. The minimum absolute atomic E-state index is 0.0456. The number of carbonyl (C=O) groups is 1. The SMILES string of the molecule is CC1(Cc2cc(F)ccc2Br)Nc2ccccc2C1=O. The lowest BCUT2D eigenvalue weighted by molar-refractivity contribution is 0.0929. The second-order valence-corrected chi connectivity index (χ2v) is 6.10. The van der Waals surface area contributed by atoms with Crippen LogP contribution in [-0.4, -0.2) is 11.3 Å². The first-order chi connectivity index (χ1) is 9.49. The summed E-state index contributed by atoms with van der Waals surface area (Å²) in [5.41, 5.74) is 1.58. The fourth-order valence-electron chi connectivity index (χ4n) is 2.63. The van der Waals surface area contributed by atoms with Gasteiger partial charge in [0.15, 0.2) is 5.78 Å². The van der Waals surface area contributed by atoms with E-state index in [4.69, 9.17) is 0 Å². The molecule has 2 nitrogen and oxygen atoms in total. The predicted molar refractivity (Wildman–Crippen MR) is 80.6 cm³/mol. The Kier molecular flexibility index (Phi) is 3.13. The van der Waals surface area contributed by atoms with Crippen LogP contribution in [0.25, 0.3) is 0 Å². The summed E-state index contributed by atoms with van der Waals surface area (Å²) in [5, 5.41) is 3.26. The van der Waals surface area contributed by atoms with Gasteiger partial charge < -0.3 is 5.32 Å². The highest BCUT2D eigenvalue weighted by Crippen LogP contribution is 2.35. The van der Waals surface area contributed by atoms with Crippen LogP contribution in [-0.2, 0) is 6.42 Å². The molecule has 2 aromatic carbocycles. The molecule has 1 N–H and O–H groups in total. The van der Waals surface area contributed by atoms with E-state index in [0.29, 0.717) is 12.0 Å². The number of nitrogens with one attached hydrogen (secondary N) is 1. The maximum absolute atomic E-state index is 13.4. The summed E-state index contributed by atoms with van der Waals surface area (Å²) in [4.78, 5) is 12.5. The Balaban J connectivity index is 1.96. The number of hydrogen-bond donors (Lipinski definition) is 1. The number of halogens is 2. The first kappa shape index (κ1) is 13.3. The molecule has 1 atom stereocenters. The van der Waals surface area contributed by atoms with E-state index in [-0.39, 0.29) is 11.6 Å². The summed E-state index contributed by atoms with van der Waals surface area (Å²) in [7, 11) is 0. The van der Waals surface area contributed by atoms with E-state index in [0.717, 1.165) is 15.7 Å². The Hall–Kier alpha value is -1.68. The van der Waals surface area contributed by atoms with Gasteiger partial charge in [-0.3, -0.25) is 4.79 Å². The molecule has 1 aliphatic heterocycles. The van der Waals surface area contributed by atoms with Crippen molar-refractivity contribution >= 4 is 27.4 Å². The number of Topliss-reactive ketones (excluding diaryl/α,β-unsaturated/α-hetero) is 1. The topological polar surface area (TPSA) is 29.1 Å². The van der Waals surface area contributed by atoms with Crippen molar-refractivity contribution in [1.29, 1.82) is 0 Å². The fraction of sp³-hybridized carbons (Fsp3) is 0.188. The molecule has 0 saturated carbocycles. The zero-order valence-corrected chi connectivity index (χ0v) is 12.5. The molecule has 102 valence electrons. The number of ketones is 1. The van der Waals surface area contributed by atoms with Crippen molar-refractivity contribution in [2.75, 3.05) is 5.32 Å². The van der Waals surface area contributed by atoms with Crippen LogP contribution in [0.15, 0.2) is 46.9 Å². The Bertz CT molecular complexity index is 701. The molecule has 2 aromatic rings. The van der Waals surface area contributed by atoms with Gasteiger partial charge in [-0.25, -0.2) is 4.39 Å². The largest absolute Gasteiger partial charge is 0.372 e. The van der Waals surface area contributed by atoms with Gasteiger partial charge in [0.2, 0.25) is 0 Å². The molecule has 0 spiro atoms. The van der Waals surface area contributed by atoms with Crippen LogP contribution in [0.2, 0.25) is 0 Å². The van der Waals surface area contributed by atoms with E-state index >= 15 is 0 Å². The third kappa shape index (κ3) is 2.14. The maximum Gasteiger partial charge on any atom is 0.190 e. The first-order valence-electron chi connectivity index (χ1n) is 6.35. The molecule has 0 radical (unpaired) electrons. The van der Waals surface area contributed by atoms with E-state index in [1.54, 1.807) is 6.07 Å². The Morgan fingerprint density at radius 1 is 1.25 bits per heavy atom. The maximum atomic E-state index is 13.4. The van der Waals surface area contributed by atoms with Crippen LogP contribution in [0.1, 0.15) is 22.8 Å². The molecule has 0 aromatic heterocycles. The number of carbonyl (C=O) groups excluding carboxylic acids is 1. The van der Waals surface area contributed by atoms with Gasteiger partial charge in [-0.05, 0) is 42.8 Å². The highest BCUT2D eigenvalue weighted by Gasteiger charge is 2.41. The molecule has 0 fully saturated rings. The highest BCUT2D eigenvalue weighted by atomic mass is 79.9. The fourth-order valence-corrected chi connectivity index (χ4v) is 3.01. The molecule has 4 heteroatoms. The van der Waals surface area contributed by atoms with Crippen molar-refractivity contribution < 1.29 is 9.18 Å².